The number of carbonyl (C=O) groups excluding carboxylic acids is 1. The summed E-state index contributed by atoms with van der Waals surface area (Å²) in [7, 11) is -4.08. The third kappa shape index (κ3) is 5.52. The summed E-state index contributed by atoms with van der Waals surface area (Å²) in [5, 5.41) is -0.102. The summed E-state index contributed by atoms with van der Waals surface area (Å²) >= 11 is 5.86. The van der Waals surface area contributed by atoms with Gasteiger partial charge in [-0.05, 0) is 37.1 Å². The summed E-state index contributed by atoms with van der Waals surface area (Å²) < 4.78 is 45.6. The van der Waals surface area contributed by atoms with Crippen LogP contribution >= 0.6 is 11.6 Å². The Labute approximate surface area is 157 Å². The summed E-state index contributed by atoms with van der Waals surface area (Å²) in [5.74, 6) is -1.95. The molecule has 0 aliphatic rings. The van der Waals surface area contributed by atoms with Crippen molar-refractivity contribution < 1.29 is 22.3 Å². The van der Waals surface area contributed by atoms with E-state index in [-0.39, 0.29) is 23.1 Å². The molecule has 0 saturated heterocycles. The normalized spacial score (nSPS) is 12.6. The molecule has 1 N–H and O–H groups in total. The summed E-state index contributed by atoms with van der Waals surface area (Å²) in [6.07, 6.45) is 0.305. The van der Waals surface area contributed by atoms with Crippen LogP contribution in [0.4, 0.5) is 4.39 Å². The van der Waals surface area contributed by atoms with E-state index in [9.17, 15) is 17.6 Å². The first kappa shape index (κ1) is 20.4. The largest absolute Gasteiger partial charge is 0.466 e. The van der Waals surface area contributed by atoms with Gasteiger partial charge in [0.1, 0.15) is 10.7 Å². The molecular weight excluding hydrogens is 381 g/mol. The summed E-state index contributed by atoms with van der Waals surface area (Å²) in [6, 6.07) is 12.2. The minimum absolute atomic E-state index is 0.102. The van der Waals surface area contributed by atoms with Crippen LogP contribution in [0.5, 0.6) is 0 Å². The molecule has 5 nitrogen and oxygen atoms in total. The van der Waals surface area contributed by atoms with Gasteiger partial charge >= 0.3 is 5.97 Å². The summed E-state index contributed by atoms with van der Waals surface area (Å²) in [6.45, 7) is 1.67. The first-order chi connectivity index (χ1) is 12.3. The van der Waals surface area contributed by atoms with Crippen LogP contribution < -0.4 is 4.72 Å². The SMILES string of the molecule is CCOC(=O)C(CNS(=O)(=O)c1cc(F)ccc1Cl)Cc1ccccc1. The maximum absolute atomic E-state index is 13.4. The van der Waals surface area contributed by atoms with Crippen molar-refractivity contribution in [1.29, 1.82) is 0 Å². The van der Waals surface area contributed by atoms with Crippen molar-refractivity contribution in [2.24, 2.45) is 5.92 Å². The van der Waals surface area contributed by atoms with Crippen LogP contribution in [0.3, 0.4) is 0 Å². The average Bonchev–Trinajstić information content (AvgIpc) is 2.61. The van der Waals surface area contributed by atoms with Crippen LogP contribution in [0.25, 0.3) is 0 Å². The van der Waals surface area contributed by atoms with Gasteiger partial charge in [0, 0.05) is 6.54 Å². The first-order valence-corrected chi connectivity index (χ1v) is 9.85. The van der Waals surface area contributed by atoms with Crippen LogP contribution in [0.2, 0.25) is 5.02 Å². The molecule has 1 unspecified atom stereocenters. The Balaban J connectivity index is 2.17. The van der Waals surface area contributed by atoms with E-state index in [0.717, 1.165) is 23.8 Å². The van der Waals surface area contributed by atoms with Crippen molar-refractivity contribution in [3.8, 4) is 0 Å². The lowest BCUT2D eigenvalue weighted by atomic mass is 10.00. The molecule has 0 spiro atoms. The zero-order valence-electron chi connectivity index (χ0n) is 14.1. The zero-order valence-corrected chi connectivity index (χ0v) is 15.7. The molecule has 2 aromatic carbocycles. The molecule has 0 amide bonds. The summed E-state index contributed by atoms with van der Waals surface area (Å²) in [5.41, 5.74) is 0.869. The van der Waals surface area contributed by atoms with Crippen molar-refractivity contribution in [2.45, 2.75) is 18.2 Å². The van der Waals surface area contributed by atoms with Crippen molar-refractivity contribution in [1.82, 2.24) is 4.72 Å². The number of ether oxygens (including phenoxy) is 1. The molecule has 0 aromatic heterocycles. The highest BCUT2D eigenvalue weighted by Crippen LogP contribution is 2.22. The highest BCUT2D eigenvalue weighted by atomic mass is 35.5. The molecular formula is C18H19ClFNO4S. The highest BCUT2D eigenvalue weighted by molar-refractivity contribution is 7.89. The van der Waals surface area contributed by atoms with E-state index in [2.05, 4.69) is 4.72 Å². The lowest BCUT2D eigenvalue weighted by molar-refractivity contribution is -0.147. The topological polar surface area (TPSA) is 72.5 Å². The van der Waals surface area contributed by atoms with Crippen molar-refractivity contribution in [3.63, 3.8) is 0 Å². The molecule has 140 valence electrons. The van der Waals surface area contributed by atoms with Crippen LogP contribution in [0.15, 0.2) is 53.4 Å². The zero-order chi connectivity index (χ0) is 19.2. The van der Waals surface area contributed by atoms with Crippen LogP contribution in [-0.2, 0) is 26.0 Å². The maximum atomic E-state index is 13.4. The first-order valence-electron chi connectivity index (χ1n) is 7.98. The lowest BCUT2D eigenvalue weighted by Gasteiger charge is -2.17. The van der Waals surface area contributed by atoms with Gasteiger partial charge < -0.3 is 4.74 Å². The lowest BCUT2D eigenvalue weighted by Crippen LogP contribution is -2.35. The molecule has 0 aliphatic heterocycles. The van der Waals surface area contributed by atoms with E-state index in [0.29, 0.717) is 6.42 Å². The Kier molecular flexibility index (Phi) is 7.14. The van der Waals surface area contributed by atoms with Crippen LogP contribution in [-0.4, -0.2) is 27.5 Å². The second kappa shape index (κ2) is 9.12. The van der Waals surface area contributed by atoms with Gasteiger partial charge in [-0.1, -0.05) is 41.9 Å². The van der Waals surface area contributed by atoms with Gasteiger partial charge in [0.2, 0.25) is 10.0 Å². The predicted octanol–water partition coefficient (Wildman–Crippen LogP) is 3.18. The van der Waals surface area contributed by atoms with E-state index >= 15 is 0 Å². The Bertz CT molecular complexity index is 859. The molecule has 0 radical (unpaired) electrons. The molecule has 0 bridgehead atoms. The fourth-order valence-electron chi connectivity index (χ4n) is 2.37. The van der Waals surface area contributed by atoms with Crippen molar-refractivity contribution in [3.05, 3.63) is 64.9 Å². The van der Waals surface area contributed by atoms with E-state index in [1.54, 1.807) is 6.92 Å². The number of carbonyl (C=O) groups is 1. The van der Waals surface area contributed by atoms with Crippen molar-refractivity contribution in [2.75, 3.05) is 13.2 Å². The highest BCUT2D eigenvalue weighted by Gasteiger charge is 2.25. The molecule has 0 saturated carbocycles. The molecule has 0 aliphatic carbocycles. The molecule has 0 fully saturated rings. The fourth-order valence-corrected chi connectivity index (χ4v) is 3.96. The predicted molar refractivity (Wildman–Crippen MR) is 96.9 cm³/mol. The Hall–Kier alpha value is -1.96. The Morgan fingerprint density at radius 2 is 1.92 bits per heavy atom. The molecule has 2 aromatic rings. The van der Waals surface area contributed by atoms with Gasteiger partial charge in [-0.15, -0.1) is 0 Å². The van der Waals surface area contributed by atoms with Crippen LogP contribution in [0, 0.1) is 11.7 Å². The second-order valence-corrected chi connectivity index (χ2v) is 7.71. The third-order valence-electron chi connectivity index (χ3n) is 3.65. The van der Waals surface area contributed by atoms with Gasteiger partial charge in [0.05, 0.1) is 17.5 Å². The van der Waals surface area contributed by atoms with Crippen molar-refractivity contribution >= 4 is 27.6 Å². The molecule has 26 heavy (non-hydrogen) atoms. The summed E-state index contributed by atoms with van der Waals surface area (Å²) in [4.78, 5) is 11.8. The third-order valence-corrected chi connectivity index (χ3v) is 5.55. The van der Waals surface area contributed by atoms with E-state index in [1.807, 2.05) is 30.3 Å². The minimum Gasteiger partial charge on any atom is -0.466 e. The van der Waals surface area contributed by atoms with E-state index < -0.39 is 27.7 Å². The standard InChI is InChI=1S/C18H19ClFNO4S/c1-2-25-18(22)14(10-13-6-4-3-5-7-13)12-21-26(23,24)17-11-15(20)8-9-16(17)19/h3-9,11,14,21H,2,10,12H2,1H3. The number of nitrogens with one attached hydrogen (secondary N) is 1. The van der Waals surface area contributed by atoms with Gasteiger partial charge in [-0.2, -0.15) is 0 Å². The Morgan fingerprint density at radius 1 is 1.23 bits per heavy atom. The van der Waals surface area contributed by atoms with E-state index in [4.69, 9.17) is 16.3 Å². The second-order valence-electron chi connectivity index (χ2n) is 5.57. The van der Waals surface area contributed by atoms with Gasteiger partial charge in [-0.25, -0.2) is 17.5 Å². The Morgan fingerprint density at radius 3 is 2.58 bits per heavy atom. The molecule has 0 heterocycles. The average molecular weight is 400 g/mol. The number of benzene rings is 2. The fraction of sp³-hybridized carbons (Fsp3) is 0.278. The smallest absolute Gasteiger partial charge is 0.310 e. The molecule has 1 atom stereocenters. The quantitative estimate of drug-likeness (QED) is 0.692. The maximum Gasteiger partial charge on any atom is 0.310 e. The number of esters is 1. The van der Waals surface area contributed by atoms with Gasteiger partial charge in [0.15, 0.2) is 0 Å². The molecule has 2 rings (SSSR count). The van der Waals surface area contributed by atoms with Gasteiger partial charge in [-0.3, -0.25) is 4.79 Å². The van der Waals surface area contributed by atoms with Crippen LogP contribution in [0.1, 0.15) is 12.5 Å². The number of rotatable bonds is 8. The van der Waals surface area contributed by atoms with E-state index in [1.165, 1.54) is 0 Å². The number of halogens is 2. The van der Waals surface area contributed by atoms with Gasteiger partial charge in [0.25, 0.3) is 0 Å². The number of hydrogen-bond acceptors (Lipinski definition) is 4. The number of hydrogen-bond donors (Lipinski definition) is 1. The minimum atomic E-state index is -4.08. The molecule has 8 heteroatoms. The monoisotopic (exact) mass is 399 g/mol. The number of sulfonamides is 1.